The minimum Gasteiger partial charge on any atom is -0.477 e. The Morgan fingerprint density at radius 3 is 2.71 bits per heavy atom. The lowest BCUT2D eigenvalue weighted by molar-refractivity contribution is -0.129. The Morgan fingerprint density at radius 2 is 2.21 bits per heavy atom. The van der Waals surface area contributed by atoms with Crippen molar-refractivity contribution in [2.24, 2.45) is 5.73 Å². The average Bonchev–Trinajstić information content (AvgIpc) is 2.08. The van der Waals surface area contributed by atoms with E-state index in [1.165, 1.54) is 0 Å². The molecule has 0 aromatic heterocycles. The Labute approximate surface area is 81.7 Å². The maximum Gasteiger partial charge on any atom is 0.354 e. The number of carbonyl (C=O) groups is 1. The molecule has 0 aromatic carbocycles. The molecule has 5 N–H and O–H groups in total. The first-order valence-corrected chi connectivity index (χ1v) is 4.35. The van der Waals surface area contributed by atoms with Crippen LogP contribution in [0.25, 0.3) is 0 Å². The topological polar surface area (TPSA) is 107 Å². The average molecular weight is 198 g/mol. The Hall–Kier alpha value is -1.36. The van der Waals surface area contributed by atoms with E-state index in [9.17, 15) is 9.90 Å². The molecule has 1 aliphatic rings. The Kier molecular flexibility index (Phi) is 2.62. The molecule has 0 spiro atoms. The predicted molar refractivity (Wildman–Crippen MR) is 51.1 cm³/mol. The highest BCUT2D eigenvalue weighted by Gasteiger charge is 2.31. The second kappa shape index (κ2) is 3.42. The van der Waals surface area contributed by atoms with Crippen molar-refractivity contribution < 1.29 is 15.0 Å². The first-order valence-electron chi connectivity index (χ1n) is 4.35. The lowest BCUT2D eigenvalue weighted by Crippen LogP contribution is -2.34. The number of carboxylic acids is 1. The van der Waals surface area contributed by atoms with E-state index in [1.54, 1.807) is 6.92 Å². The third-order valence-corrected chi connectivity index (χ3v) is 2.39. The predicted octanol–water partition coefficient (Wildman–Crippen LogP) is 0.238. The SMILES string of the molecule is CC1(O)CCC(N)=C(C(=N)C(=O)O)C1. The van der Waals surface area contributed by atoms with Gasteiger partial charge in [-0.15, -0.1) is 0 Å². The molecule has 0 radical (unpaired) electrons. The van der Waals surface area contributed by atoms with Gasteiger partial charge in [0.05, 0.1) is 5.60 Å². The van der Waals surface area contributed by atoms with Crippen molar-refractivity contribution in [1.29, 1.82) is 5.41 Å². The molecule has 0 saturated carbocycles. The number of nitrogens with two attached hydrogens (primary N) is 1. The summed E-state index contributed by atoms with van der Waals surface area (Å²) < 4.78 is 0. The lowest BCUT2D eigenvalue weighted by Gasteiger charge is -2.30. The molecule has 14 heavy (non-hydrogen) atoms. The van der Waals surface area contributed by atoms with Crippen LogP contribution in [0.2, 0.25) is 0 Å². The van der Waals surface area contributed by atoms with Gasteiger partial charge in [0.25, 0.3) is 0 Å². The quantitative estimate of drug-likeness (QED) is 0.476. The molecule has 0 fully saturated rings. The van der Waals surface area contributed by atoms with Crippen molar-refractivity contribution >= 4 is 11.7 Å². The maximum absolute atomic E-state index is 10.6. The van der Waals surface area contributed by atoms with Crippen LogP contribution in [0.5, 0.6) is 0 Å². The highest BCUT2D eigenvalue weighted by atomic mass is 16.4. The number of allylic oxidation sites excluding steroid dienone is 1. The van der Waals surface area contributed by atoms with Gasteiger partial charge in [0, 0.05) is 17.7 Å². The van der Waals surface area contributed by atoms with Crippen LogP contribution in [-0.2, 0) is 4.79 Å². The number of aliphatic carboxylic acids is 1. The molecule has 1 rings (SSSR count). The monoisotopic (exact) mass is 198 g/mol. The Balaban J connectivity index is 2.96. The zero-order chi connectivity index (χ0) is 10.9. The van der Waals surface area contributed by atoms with E-state index in [0.717, 1.165) is 0 Å². The molecule has 5 heteroatoms. The summed E-state index contributed by atoms with van der Waals surface area (Å²) in [5, 5.41) is 25.6. The molecule has 1 aliphatic carbocycles. The number of hydrogen-bond acceptors (Lipinski definition) is 4. The molecule has 0 amide bonds. The van der Waals surface area contributed by atoms with Crippen LogP contribution in [0.3, 0.4) is 0 Å². The van der Waals surface area contributed by atoms with Crippen LogP contribution >= 0.6 is 0 Å². The summed E-state index contributed by atoms with van der Waals surface area (Å²) in [5.41, 5.74) is 4.81. The van der Waals surface area contributed by atoms with Crippen LogP contribution in [0, 0.1) is 5.41 Å². The number of carboxylic acid groups (broad SMARTS) is 1. The molecule has 78 valence electrons. The molecule has 5 nitrogen and oxygen atoms in total. The zero-order valence-electron chi connectivity index (χ0n) is 8.00. The maximum atomic E-state index is 10.6. The largest absolute Gasteiger partial charge is 0.477 e. The van der Waals surface area contributed by atoms with Gasteiger partial charge in [-0.1, -0.05) is 0 Å². The first kappa shape index (κ1) is 10.7. The number of rotatable bonds is 2. The van der Waals surface area contributed by atoms with E-state index in [2.05, 4.69) is 0 Å². The summed E-state index contributed by atoms with van der Waals surface area (Å²) in [6, 6.07) is 0. The number of nitrogens with one attached hydrogen (secondary N) is 1. The second-order valence-electron chi connectivity index (χ2n) is 3.86. The van der Waals surface area contributed by atoms with Crippen molar-refractivity contribution in [3.8, 4) is 0 Å². The van der Waals surface area contributed by atoms with Crippen LogP contribution in [0.15, 0.2) is 11.3 Å². The zero-order valence-corrected chi connectivity index (χ0v) is 8.00. The van der Waals surface area contributed by atoms with Gasteiger partial charge >= 0.3 is 5.97 Å². The summed E-state index contributed by atoms with van der Waals surface area (Å²) in [7, 11) is 0. The van der Waals surface area contributed by atoms with Gasteiger partial charge in [0.1, 0.15) is 5.71 Å². The van der Waals surface area contributed by atoms with Crippen LogP contribution in [-0.4, -0.2) is 27.5 Å². The van der Waals surface area contributed by atoms with Crippen LogP contribution < -0.4 is 5.73 Å². The molecule has 1 unspecified atom stereocenters. The van der Waals surface area contributed by atoms with E-state index in [-0.39, 0.29) is 12.0 Å². The fourth-order valence-corrected chi connectivity index (χ4v) is 1.52. The molecular formula is C9H14N2O3. The van der Waals surface area contributed by atoms with Gasteiger partial charge in [-0.2, -0.15) is 0 Å². The smallest absolute Gasteiger partial charge is 0.354 e. The minimum absolute atomic E-state index is 0.143. The molecule has 0 aromatic rings. The molecule has 0 heterocycles. The van der Waals surface area contributed by atoms with Gasteiger partial charge in [0.2, 0.25) is 0 Å². The molecule has 0 aliphatic heterocycles. The summed E-state index contributed by atoms with van der Waals surface area (Å²) in [6.45, 7) is 1.62. The van der Waals surface area contributed by atoms with Gasteiger partial charge in [-0.25, -0.2) is 4.79 Å². The van der Waals surface area contributed by atoms with E-state index in [0.29, 0.717) is 18.5 Å². The van der Waals surface area contributed by atoms with E-state index in [4.69, 9.17) is 16.2 Å². The van der Waals surface area contributed by atoms with E-state index < -0.39 is 17.3 Å². The molecule has 0 bridgehead atoms. The standard InChI is InChI=1S/C9H14N2O3/c1-9(14)3-2-6(10)5(4-9)7(11)8(12)13/h11,14H,2-4,10H2,1H3,(H,12,13). The fraction of sp³-hybridized carbons (Fsp3) is 0.556. The van der Waals surface area contributed by atoms with Crippen molar-refractivity contribution in [1.82, 2.24) is 0 Å². The van der Waals surface area contributed by atoms with Crippen molar-refractivity contribution in [3.05, 3.63) is 11.3 Å². The molecule has 0 saturated heterocycles. The number of hydrogen-bond donors (Lipinski definition) is 4. The highest BCUT2D eigenvalue weighted by molar-refractivity contribution is 6.41. The third kappa shape index (κ3) is 2.11. The van der Waals surface area contributed by atoms with Crippen LogP contribution in [0.4, 0.5) is 0 Å². The summed E-state index contributed by atoms with van der Waals surface area (Å²) >= 11 is 0. The molecule has 1 atom stereocenters. The Bertz CT molecular complexity index is 318. The highest BCUT2D eigenvalue weighted by Crippen LogP contribution is 2.30. The van der Waals surface area contributed by atoms with Crippen molar-refractivity contribution in [2.45, 2.75) is 31.8 Å². The summed E-state index contributed by atoms with van der Waals surface area (Å²) in [6.07, 6.45) is 1.09. The summed E-state index contributed by atoms with van der Waals surface area (Å²) in [4.78, 5) is 10.6. The Morgan fingerprint density at radius 1 is 1.64 bits per heavy atom. The second-order valence-corrected chi connectivity index (χ2v) is 3.86. The normalized spacial score (nSPS) is 27.6. The van der Waals surface area contributed by atoms with Gasteiger partial charge in [-0.3, -0.25) is 5.41 Å². The van der Waals surface area contributed by atoms with Gasteiger partial charge in [-0.05, 0) is 19.8 Å². The van der Waals surface area contributed by atoms with E-state index >= 15 is 0 Å². The first-order chi connectivity index (χ1) is 6.33. The fourth-order valence-electron chi connectivity index (χ4n) is 1.52. The number of aliphatic hydroxyl groups is 1. The minimum atomic E-state index is -1.30. The van der Waals surface area contributed by atoms with Crippen molar-refractivity contribution in [2.75, 3.05) is 0 Å². The van der Waals surface area contributed by atoms with Crippen molar-refractivity contribution in [3.63, 3.8) is 0 Å². The van der Waals surface area contributed by atoms with Gasteiger partial charge in [0.15, 0.2) is 0 Å². The van der Waals surface area contributed by atoms with E-state index in [1.807, 2.05) is 0 Å². The molecular weight excluding hydrogens is 184 g/mol. The van der Waals surface area contributed by atoms with Gasteiger partial charge < -0.3 is 15.9 Å². The summed E-state index contributed by atoms with van der Waals surface area (Å²) in [5.74, 6) is -1.30. The van der Waals surface area contributed by atoms with Crippen LogP contribution in [0.1, 0.15) is 26.2 Å². The lowest BCUT2D eigenvalue weighted by atomic mass is 9.82. The third-order valence-electron chi connectivity index (χ3n) is 2.39.